The van der Waals surface area contributed by atoms with Crippen molar-refractivity contribution in [3.8, 4) is 0 Å². The molecule has 0 aliphatic heterocycles. The van der Waals surface area contributed by atoms with Gasteiger partial charge < -0.3 is 0 Å². The van der Waals surface area contributed by atoms with Crippen molar-refractivity contribution in [1.82, 2.24) is 4.98 Å². The monoisotopic (exact) mass is 322 g/mol. The molecule has 3 aromatic rings. The van der Waals surface area contributed by atoms with Gasteiger partial charge in [0.2, 0.25) is 0 Å². The maximum absolute atomic E-state index is 12.9. The van der Waals surface area contributed by atoms with E-state index in [1.807, 2.05) is 6.92 Å². The van der Waals surface area contributed by atoms with Gasteiger partial charge in [0.15, 0.2) is 0 Å². The highest BCUT2D eigenvalue weighted by Gasteiger charge is 2.14. The first-order chi connectivity index (χ1) is 9.94. The minimum Gasteiger partial charge on any atom is -0.280 e. The van der Waals surface area contributed by atoms with Crippen LogP contribution in [0.4, 0.5) is 10.1 Å². The molecule has 0 radical (unpaired) electrons. The normalized spacial score (nSPS) is 11.7. The van der Waals surface area contributed by atoms with Crippen LogP contribution in [0, 0.1) is 12.7 Å². The number of rotatable bonds is 3. The Kier molecular flexibility index (Phi) is 3.38. The topological polar surface area (TPSA) is 59.1 Å². The molecule has 1 heterocycles. The molecule has 1 aromatic heterocycles. The molecule has 0 saturated carbocycles. The molecule has 0 fully saturated rings. The van der Waals surface area contributed by atoms with Gasteiger partial charge >= 0.3 is 0 Å². The van der Waals surface area contributed by atoms with Crippen LogP contribution >= 0.6 is 11.3 Å². The molecule has 0 aliphatic carbocycles. The van der Waals surface area contributed by atoms with Gasteiger partial charge in [0.25, 0.3) is 10.0 Å². The largest absolute Gasteiger partial charge is 0.280 e. The summed E-state index contributed by atoms with van der Waals surface area (Å²) in [5.74, 6) is -0.476. The lowest BCUT2D eigenvalue weighted by atomic mass is 10.3. The van der Waals surface area contributed by atoms with Crippen molar-refractivity contribution in [1.29, 1.82) is 0 Å². The predicted molar refractivity (Wildman–Crippen MR) is 81.6 cm³/mol. The number of benzene rings is 2. The molecule has 21 heavy (non-hydrogen) atoms. The summed E-state index contributed by atoms with van der Waals surface area (Å²) in [4.78, 5) is 4.34. The van der Waals surface area contributed by atoms with Crippen LogP contribution in [0.15, 0.2) is 47.4 Å². The number of nitrogens with one attached hydrogen (secondary N) is 1. The van der Waals surface area contributed by atoms with Crippen molar-refractivity contribution in [3.63, 3.8) is 0 Å². The highest BCUT2D eigenvalue weighted by atomic mass is 32.2. The lowest BCUT2D eigenvalue weighted by Gasteiger charge is -2.07. The van der Waals surface area contributed by atoms with E-state index >= 15 is 0 Å². The first-order valence-electron chi connectivity index (χ1n) is 6.10. The molecule has 0 spiro atoms. The van der Waals surface area contributed by atoms with Gasteiger partial charge in [0.05, 0.1) is 25.8 Å². The van der Waals surface area contributed by atoms with Gasteiger partial charge in [-0.15, -0.1) is 11.3 Å². The van der Waals surface area contributed by atoms with Crippen LogP contribution in [0.1, 0.15) is 5.01 Å². The predicted octanol–water partition coefficient (Wildman–Crippen LogP) is 3.54. The van der Waals surface area contributed by atoms with Crippen LogP contribution in [0.25, 0.3) is 10.2 Å². The summed E-state index contributed by atoms with van der Waals surface area (Å²) in [6, 6.07) is 9.85. The van der Waals surface area contributed by atoms with Crippen LogP contribution in [0.5, 0.6) is 0 Å². The van der Waals surface area contributed by atoms with Gasteiger partial charge in [0, 0.05) is 0 Å². The number of hydrogen-bond donors (Lipinski definition) is 1. The second-order valence-corrected chi connectivity index (χ2v) is 7.39. The van der Waals surface area contributed by atoms with Crippen LogP contribution < -0.4 is 4.72 Å². The standard InChI is InChI=1S/C14H11FN2O2S2/c1-9-16-13-7-4-11(8-14(13)20-9)17-21(18,19)12-5-2-10(15)3-6-12/h2-8,17H,1H3. The molecule has 7 heteroatoms. The van der Waals surface area contributed by atoms with Crippen molar-refractivity contribution in [3.05, 3.63) is 53.3 Å². The van der Waals surface area contributed by atoms with Crippen molar-refractivity contribution in [2.75, 3.05) is 4.72 Å². The van der Waals surface area contributed by atoms with E-state index in [9.17, 15) is 12.8 Å². The zero-order valence-corrected chi connectivity index (χ0v) is 12.6. The maximum atomic E-state index is 12.9. The number of aromatic nitrogens is 1. The Morgan fingerprint density at radius 3 is 2.57 bits per heavy atom. The smallest absolute Gasteiger partial charge is 0.261 e. The third kappa shape index (κ3) is 2.88. The lowest BCUT2D eigenvalue weighted by Crippen LogP contribution is -2.12. The van der Waals surface area contributed by atoms with Gasteiger partial charge in [-0.2, -0.15) is 0 Å². The molecule has 0 aliphatic rings. The summed E-state index contributed by atoms with van der Waals surface area (Å²) < 4.78 is 40.7. The summed E-state index contributed by atoms with van der Waals surface area (Å²) in [6.45, 7) is 1.90. The number of anilines is 1. The third-order valence-electron chi connectivity index (χ3n) is 2.87. The first kappa shape index (κ1) is 14.0. The fourth-order valence-corrected chi connectivity index (χ4v) is 3.85. The van der Waals surface area contributed by atoms with Crippen molar-refractivity contribution in [2.24, 2.45) is 0 Å². The number of sulfonamides is 1. The van der Waals surface area contributed by atoms with Gasteiger partial charge in [-0.1, -0.05) is 0 Å². The summed E-state index contributed by atoms with van der Waals surface area (Å²) in [5, 5.41) is 0.920. The van der Waals surface area contributed by atoms with Crippen LogP contribution in [-0.2, 0) is 10.0 Å². The second kappa shape index (κ2) is 5.09. The fourth-order valence-electron chi connectivity index (χ4n) is 1.93. The summed E-state index contributed by atoms with van der Waals surface area (Å²) >= 11 is 1.49. The SMILES string of the molecule is Cc1nc2ccc(NS(=O)(=O)c3ccc(F)cc3)cc2s1. The Morgan fingerprint density at radius 1 is 1.14 bits per heavy atom. The zero-order chi connectivity index (χ0) is 15.0. The number of nitrogens with zero attached hydrogens (tertiary/aromatic N) is 1. The van der Waals surface area contributed by atoms with Crippen LogP contribution in [0.2, 0.25) is 0 Å². The molecule has 0 unspecified atom stereocenters. The number of halogens is 1. The van der Waals surface area contributed by atoms with Crippen LogP contribution in [0.3, 0.4) is 0 Å². The van der Waals surface area contributed by atoms with E-state index in [1.165, 1.54) is 23.5 Å². The molecule has 0 atom stereocenters. The Hall–Kier alpha value is -1.99. The van der Waals surface area contributed by atoms with E-state index in [1.54, 1.807) is 18.2 Å². The zero-order valence-electron chi connectivity index (χ0n) is 11.0. The van der Waals surface area contributed by atoms with E-state index in [0.717, 1.165) is 27.4 Å². The molecule has 0 amide bonds. The maximum Gasteiger partial charge on any atom is 0.261 e. The van der Waals surface area contributed by atoms with Gasteiger partial charge in [-0.3, -0.25) is 4.72 Å². The Morgan fingerprint density at radius 2 is 1.86 bits per heavy atom. The highest BCUT2D eigenvalue weighted by molar-refractivity contribution is 7.92. The van der Waals surface area contributed by atoms with E-state index in [4.69, 9.17) is 0 Å². The minimum absolute atomic E-state index is 0.0180. The Balaban J connectivity index is 1.94. The minimum atomic E-state index is -3.72. The second-order valence-electron chi connectivity index (χ2n) is 4.47. The summed E-state index contributed by atoms with van der Waals surface area (Å²) in [7, 11) is -3.72. The van der Waals surface area contributed by atoms with E-state index in [-0.39, 0.29) is 4.90 Å². The number of aryl methyl sites for hydroxylation is 1. The quantitative estimate of drug-likeness (QED) is 0.802. The van der Waals surface area contributed by atoms with Crippen molar-refractivity contribution >= 4 is 37.3 Å². The molecular formula is C14H11FN2O2S2. The molecule has 2 aromatic carbocycles. The van der Waals surface area contributed by atoms with Gasteiger partial charge in [-0.05, 0) is 49.4 Å². The van der Waals surface area contributed by atoms with Crippen LogP contribution in [-0.4, -0.2) is 13.4 Å². The molecular weight excluding hydrogens is 311 g/mol. The van der Waals surface area contributed by atoms with Gasteiger partial charge in [-0.25, -0.2) is 17.8 Å². The molecule has 108 valence electrons. The number of thiazole rings is 1. The number of fused-ring (bicyclic) bond motifs is 1. The van der Waals surface area contributed by atoms with Gasteiger partial charge in [0.1, 0.15) is 5.82 Å². The summed E-state index contributed by atoms with van der Waals surface area (Å²) in [6.07, 6.45) is 0. The first-order valence-corrected chi connectivity index (χ1v) is 8.40. The van der Waals surface area contributed by atoms with Crippen molar-refractivity contribution < 1.29 is 12.8 Å². The van der Waals surface area contributed by atoms with E-state index in [2.05, 4.69) is 9.71 Å². The fraction of sp³-hybridized carbons (Fsp3) is 0.0714. The molecule has 0 saturated heterocycles. The lowest BCUT2D eigenvalue weighted by molar-refractivity contribution is 0.599. The average Bonchev–Trinajstić information content (AvgIpc) is 2.78. The molecule has 1 N–H and O–H groups in total. The number of hydrogen-bond acceptors (Lipinski definition) is 4. The Labute approximate surface area is 125 Å². The average molecular weight is 322 g/mol. The van der Waals surface area contributed by atoms with E-state index < -0.39 is 15.8 Å². The molecule has 4 nitrogen and oxygen atoms in total. The third-order valence-corrected chi connectivity index (χ3v) is 5.20. The molecule has 3 rings (SSSR count). The van der Waals surface area contributed by atoms with E-state index in [0.29, 0.717) is 5.69 Å². The van der Waals surface area contributed by atoms with Crippen molar-refractivity contribution in [2.45, 2.75) is 11.8 Å². The molecule has 0 bridgehead atoms. The summed E-state index contributed by atoms with van der Waals surface area (Å²) in [5.41, 5.74) is 1.29. The highest BCUT2D eigenvalue weighted by Crippen LogP contribution is 2.26. The Bertz CT molecular complexity index is 902.